The molecule has 0 heterocycles. The molecule has 0 fully saturated rings. The number of hydrazone groups is 1. The second-order valence-electron chi connectivity index (χ2n) is 4.87. The molecule has 0 spiro atoms. The monoisotopic (exact) mass is 364 g/mol. The molecule has 0 amide bonds. The van der Waals surface area contributed by atoms with Crippen LogP contribution in [0.4, 0.5) is 0 Å². The fraction of sp³-hybridized carbons (Fsp3) is 0.235. The summed E-state index contributed by atoms with van der Waals surface area (Å²) in [5.74, 6) is 1.71. The Morgan fingerprint density at radius 1 is 1.04 bits per heavy atom. The van der Waals surface area contributed by atoms with Crippen molar-refractivity contribution in [2.24, 2.45) is 5.10 Å². The number of rotatable bonds is 8. The largest absolute Gasteiger partial charge is 0.494 e. The first-order valence-electron chi connectivity index (χ1n) is 7.50. The van der Waals surface area contributed by atoms with Crippen LogP contribution >= 0.6 is 0 Å². The number of methoxy groups -OCH3 is 2. The molecule has 1 N–H and O–H groups in total. The lowest BCUT2D eigenvalue weighted by Gasteiger charge is -2.08. The SMILES string of the molecule is CCOc1ccc(S(=O)(=O)N/N=C\c2ccc(OC)c(OC)c2)cc1. The van der Waals surface area contributed by atoms with Crippen LogP contribution in [-0.4, -0.2) is 35.5 Å². The molecule has 2 aromatic carbocycles. The van der Waals surface area contributed by atoms with Gasteiger partial charge in [0.2, 0.25) is 0 Å². The Morgan fingerprint density at radius 2 is 1.72 bits per heavy atom. The highest BCUT2D eigenvalue weighted by molar-refractivity contribution is 7.89. The minimum Gasteiger partial charge on any atom is -0.494 e. The van der Waals surface area contributed by atoms with Crippen molar-refractivity contribution in [2.75, 3.05) is 20.8 Å². The fourth-order valence-corrected chi connectivity index (χ4v) is 2.83. The topological polar surface area (TPSA) is 86.2 Å². The second-order valence-corrected chi connectivity index (χ2v) is 6.53. The van der Waals surface area contributed by atoms with E-state index in [4.69, 9.17) is 14.2 Å². The first-order valence-corrected chi connectivity index (χ1v) is 8.98. The molecule has 25 heavy (non-hydrogen) atoms. The molecule has 0 saturated heterocycles. The van der Waals surface area contributed by atoms with Gasteiger partial charge in [0.1, 0.15) is 5.75 Å². The molecule has 0 atom stereocenters. The Morgan fingerprint density at radius 3 is 2.32 bits per heavy atom. The summed E-state index contributed by atoms with van der Waals surface area (Å²) < 4.78 is 40.0. The molecule has 0 saturated carbocycles. The lowest BCUT2D eigenvalue weighted by Crippen LogP contribution is -2.18. The Hall–Kier alpha value is -2.74. The van der Waals surface area contributed by atoms with Gasteiger partial charge in [0.15, 0.2) is 11.5 Å². The van der Waals surface area contributed by atoms with Gasteiger partial charge in [0.05, 0.1) is 31.9 Å². The smallest absolute Gasteiger partial charge is 0.276 e. The van der Waals surface area contributed by atoms with Crippen LogP contribution in [0.5, 0.6) is 17.2 Å². The molecule has 7 nitrogen and oxygen atoms in total. The zero-order chi connectivity index (χ0) is 18.3. The van der Waals surface area contributed by atoms with E-state index >= 15 is 0 Å². The Labute approximate surface area is 147 Å². The van der Waals surface area contributed by atoms with Crippen LogP contribution in [0, 0.1) is 0 Å². The molecule has 134 valence electrons. The predicted molar refractivity (Wildman–Crippen MR) is 95.1 cm³/mol. The summed E-state index contributed by atoms with van der Waals surface area (Å²) in [6.07, 6.45) is 1.38. The molecule has 2 rings (SSSR count). The van der Waals surface area contributed by atoms with E-state index in [1.165, 1.54) is 32.6 Å². The van der Waals surface area contributed by atoms with Gasteiger partial charge in [0.25, 0.3) is 10.0 Å². The number of nitrogens with zero attached hydrogens (tertiary/aromatic N) is 1. The van der Waals surface area contributed by atoms with Gasteiger partial charge < -0.3 is 14.2 Å². The van der Waals surface area contributed by atoms with Crippen molar-refractivity contribution < 1.29 is 22.6 Å². The molecular weight excluding hydrogens is 344 g/mol. The van der Waals surface area contributed by atoms with Gasteiger partial charge in [-0.05, 0) is 55.0 Å². The van der Waals surface area contributed by atoms with Crippen LogP contribution in [-0.2, 0) is 10.0 Å². The van der Waals surface area contributed by atoms with Gasteiger partial charge >= 0.3 is 0 Å². The van der Waals surface area contributed by atoms with Crippen LogP contribution in [0.25, 0.3) is 0 Å². The summed E-state index contributed by atoms with van der Waals surface area (Å²) in [6, 6.07) is 11.2. The zero-order valence-corrected chi connectivity index (χ0v) is 15.0. The van der Waals surface area contributed by atoms with Crippen molar-refractivity contribution in [1.82, 2.24) is 4.83 Å². The second kappa shape index (κ2) is 8.39. The third kappa shape index (κ3) is 4.87. The maximum atomic E-state index is 12.2. The Balaban J connectivity index is 2.09. The van der Waals surface area contributed by atoms with Crippen LogP contribution < -0.4 is 19.0 Å². The molecule has 8 heteroatoms. The maximum absolute atomic E-state index is 12.2. The molecular formula is C17H20N2O5S. The van der Waals surface area contributed by atoms with Gasteiger partial charge in [0, 0.05) is 0 Å². The number of nitrogens with one attached hydrogen (secondary N) is 1. The number of benzene rings is 2. The highest BCUT2D eigenvalue weighted by Crippen LogP contribution is 2.26. The van der Waals surface area contributed by atoms with Crippen molar-refractivity contribution in [3.05, 3.63) is 48.0 Å². The maximum Gasteiger partial charge on any atom is 0.276 e. The van der Waals surface area contributed by atoms with Crippen molar-refractivity contribution in [3.63, 3.8) is 0 Å². The molecule has 0 aliphatic carbocycles. The van der Waals surface area contributed by atoms with Crippen LogP contribution in [0.1, 0.15) is 12.5 Å². The number of ether oxygens (including phenoxy) is 3. The minimum absolute atomic E-state index is 0.0976. The number of hydrogen-bond donors (Lipinski definition) is 1. The molecule has 0 unspecified atom stereocenters. The van der Waals surface area contributed by atoms with Gasteiger partial charge in [-0.15, -0.1) is 0 Å². The lowest BCUT2D eigenvalue weighted by atomic mass is 10.2. The zero-order valence-electron chi connectivity index (χ0n) is 14.2. The number of hydrogen-bond acceptors (Lipinski definition) is 6. The van der Waals surface area contributed by atoms with Crippen LogP contribution in [0.3, 0.4) is 0 Å². The van der Waals surface area contributed by atoms with Gasteiger partial charge in [-0.25, -0.2) is 4.83 Å². The fourth-order valence-electron chi connectivity index (χ4n) is 2.04. The van der Waals surface area contributed by atoms with Crippen LogP contribution in [0.2, 0.25) is 0 Å². The summed E-state index contributed by atoms with van der Waals surface area (Å²) in [5.41, 5.74) is 0.659. The number of sulfonamides is 1. The van der Waals surface area contributed by atoms with E-state index in [1.807, 2.05) is 6.92 Å². The van der Waals surface area contributed by atoms with E-state index in [0.717, 1.165) is 0 Å². The van der Waals surface area contributed by atoms with Crippen molar-refractivity contribution in [2.45, 2.75) is 11.8 Å². The summed E-state index contributed by atoms with van der Waals surface area (Å²) in [4.78, 5) is 2.27. The standard InChI is InChI=1S/C17H20N2O5S/c1-4-24-14-6-8-15(9-7-14)25(20,21)19-18-12-13-5-10-16(22-2)17(11-13)23-3/h5-12,19H,4H2,1-3H3/b18-12-. The quantitative estimate of drug-likeness (QED) is 0.574. The predicted octanol–water partition coefficient (Wildman–Crippen LogP) is 2.41. The summed E-state index contributed by atoms with van der Waals surface area (Å²) in [6.45, 7) is 2.37. The van der Waals surface area contributed by atoms with E-state index in [2.05, 4.69) is 9.93 Å². The van der Waals surface area contributed by atoms with E-state index in [-0.39, 0.29) is 4.90 Å². The molecule has 0 aliphatic rings. The normalized spacial score (nSPS) is 11.3. The summed E-state index contributed by atoms with van der Waals surface area (Å²) >= 11 is 0. The van der Waals surface area contributed by atoms with Gasteiger partial charge in [-0.3, -0.25) is 0 Å². The minimum atomic E-state index is -3.75. The van der Waals surface area contributed by atoms with Gasteiger partial charge in [-0.2, -0.15) is 13.5 Å². The van der Waals surface area contributed by atoms with E-state index < -0.39 is 10.0 Å². The highest BCUT2D eigenvalue weighted by atomic mass is 32.2. The molecule has 0 aliphatic heterocycles. The molecule has 0 aromatic heterocycles. The van der Waals surface area contributed by atoms with E-state index in [9.17, 15) is 8.42 Å². The van der Waals surface area contributed by atoms with Crippen molar-refractivity contribution >= 4 is 16.2 Å². The van der Waals surface area contributed by atoms with Crippen LogP contribution in [0.15, 0.2) is 52.5 Å². The van der Waals surface area contributed by atoms with E-state index in [1.54, 1.807) is 30.3 Å². The Bertz CT molecular complexity index is 833. The van der Waals surface area contributed by atoms with E-state index in [0.29, 0.717) is 29.4 Å². The van der Waals surface area contributed by atoms with Gasteiger partial charge in [-0.1, -0.05) is 0 Å². The highest BCUT2D eigenvalue weighted by Gasteiger charge is 2.12. The lowest BCUT2D eigenvalue weighted by molar-refractivity contribution is 0.340. The van der Waals surface area contributed by atoms with Crippen molar-refractivity contribution in [3.8, 4) is 17.2 Å². The third-order valence-electron chi connectivity index (χ3n) is 3.24. The first kappa shape index (κ1) is 18.6. The summed E-state index contributed by atoms with van der Waals surface area (Å²) in [7, 11) is -0.691. The Kier molecular flexibility index (Phi) is 6.24. The van der Waals surface area contributed by atoms with Crippen molar-refractivity contribution in [1.29, 1.82) is 0 Å². The third-order valence-corrected chi connectivity index (χ3v) is 4.48. The first-order chi connectivity index (χ1) is 12.0. The molecule has 2 aromatic rings. The molecule has 0 bridgehead atoms. The average molecular weight is 364 g/mol. The summed E-state index contributed by atoms with van der Waals surface area (Å²) in [5, 5.41) is 3.79. The molecule has 0 radical (unpaired) electrons. The average Bonchev–Trinajstić information content (AvgIpc) is 2.62.